The lowest BCUT2D eigenvalue weighted by molar-refractivity contribution is 0.600. The van der Waals surface area contributed by atoms with E-state index in [2.05, 4.69) is 25.0 Å². The van der Waals surface area contributed by atoms with Crippen LogP contribution in [0.1, 0.15) is 10.4 Å². The van der Waals surface area contributed by atoms with Crippen LogP contribution < -0.4 is 4.72 Å². The Bertz CT molecular complexity index is 680. The maximum Gasteiger partial charge on any atom is 0.264 e. The summed E-state index contributed by atoms with van der Waals surface area (Å²) >= 11 is 4.51. The molecule has 0 amide bonds. The Kier molecular flexibility index (Phi) is 3.74. The van der Waals surface area contributed by atoms with Crippen LogP contribution in [-0.4, -0.2) is 12.8 Å². The van der Waals surface area contributed by atoms with Gasteiger partial charge in [0.1, 0.15) is 4.90 Å². The number of benzene rings is 1. The molecule has 18 heavy (non-hydrogen) atoms. The SMILES string of the molecule is Cc1snc(NS(=O)(=O)c2ccccc2Br)c1C. The molecule has 0 spiro atoms. The topological polar surface area (TPSA) is 59.1 Å². The Balaban J connectivity index is 2.40. The van der Waals surface area contributed by atoms with Gasteiger partial charge in [0.25, 0.3) is 10.0 Å². The van der Waals surface area contributed by atoms with Crippen molar-refractivity contribution in [3.63, 3.8) is 0 Å². The molecule has 0 atom stereocenters. The molecule has 1 aromatic carbocycles. The highest BCUT2D eigenvalue weighted by Crippen LogP contribution is 2.26. The summed E-state index contributed by atoms with van der Waals surface area (Å²) in [6, 6.07) is 6.68. The lowest BCUT2D eigenvalue weighted by Crippen LogP contribution is -2.14. The van der Waals surface area contributed by atoms with Gasteiger partial charge in [0.05, 0.1) is 0 Å². The minimum absolute atomic E-state index is 0.204. The minimum Gasteiger partial charge on any atom is -0.262 e. The summed E-state index contributed by atoms with van der Waals surface area (Å²) in [6.45, 7) is 3.75. The third kappa shape index (κ3) is 2.57. The first-order valence-corrected chi connectivity index (χ1v) is 8.17. The highest BCUT2D eigenvalue weighted by atomic mass is 79.9. The highest BCUT2D eigenvalue weighted by molar-refractivity contribution is 9.10. The van der Waals surface area contributed by atoms with Crippen molar-refractivity contribution >= 4 is 43.3 Å². The molecule has 0 aliphatic rings. The number of hydrogen-bond acceptors (Lipinski definition) is 4. The minimum atomic E-state index is -3.61. The van der Waals surface area contributed by atoms with Crippen LogP contribution in [0.2, 0.25) is 0 Å². The van der Waals surface area contributed by atoms with E-state index in [0.29, 0.717) is 10.3 Å². The summed E-state index contributed by atoms with van der Waals surface area (Å²) in [6.07, 6.45) is 0. The van der Waals surface area contributed by atoms with Gasteiger partial charge in [0, 0.05) is 14.9 Å². The van der Waals surface area contributed by atoms with Crippen LogP contribution in [-0.2, 0) is 10.0 Å². The zero-order chi connectivity index (χ0) is 13.3. The molecule has 2 aromatic rings. The summed E-state index contributed by atoms with van der Waals surface area (Å²) in [5.74, 6) is 0.397. The van der Waals surface area contributed by atoms with Gasteiger partial charge in [-0.15, -0.1) is 0 Å². The van der Waals surface area contributed by atoms with Crippen LogP contribution in [0, 0.1) is 13.8 Å². The first-order valence-electron chi connectivity index (χ1n) is 5.12. The molecule has 0 saturated heterocycles. The van der Waals surface area contributed by atoms with Gasteiger partial charge in [0.15, 0.2) is 5.82 Å². The molecular formula is C11H11BrN2O2S2. The Morgan fingerprint density at radius 2 is 1.94 bits per heavy atom. The average Bonchev–Trinajstić information content (AvgIpc) is 2.61. The van der Waals surface area contributed by atoms with Crippen molar-refractivity contribution < 1.29 is 8.42 Å². The van der Waals surface area contributed by atoms with E-state index in [4.69, 9.17) is 0 Å². The number of aromatic nitrogens is 1. The van der Waals surface area contributed by atoms with Crippen LogP contribution in [0.3, 0.4) is 0 Å². The second kappa shape index (κ2) is 4.99. The number of sulfonamides is 1. The van der Waals surface area contributed by atoms with Gasteiger partial charge >= 0.3 is 0 Å². The van der Waals surface area contributed by atoms with E-state index in [1.54, 1.807) is 24.3 Å². The number of nitrogens with zero attached hydrogens (tertiary/aromatic N) is 1. The Morgan fingerprint density at radius 3 is 2.50 bits per heavy atom. The van der Waals surface area contributed by atoms with E-state index < -0.39 is 10.0 Å². The number of hydrogen-bond donors (Lipinski definition) is 1. The molecule has 2 rings (SSSR count). The van der Waals surface area contributed by atoms with Gasteiger partial charge in [-0.2, -0.15) is 4.37 Å². The predicted molar refractivity (Wildman–Crippen MR) is 76.5 cm³/mol. The average molecular weight is 347 g/mol. The molecule has 96 valence electrons. The first kappa shape index (κ1) is 13.5. The van der Waals surface area contributed by atoms with Crippen LogP contribution in [0.15, 0.2) is 33.6 Å². The van der Waals surface area contributed by atoms with E-state index >= 15 is 0 Å². The maximum atomic E-state index is 12.2. The number of anilines is 1. The summed E-state index contributed by atoms with van der Waals surface area (Å²) in [4.78, 5) is 1.20. The normalized spacial score (nSPS) is 11.5. The molecule has 1 heterocycles. The van der Waals surface area contributed by atoms with Gasteiger partial charge in [-0.05, 0) is 53.4 Å². The molecule has 0 aliphatic carbocycles. The third-order valence-electron chi connectivity index (χ3n) is 2.51. The zero-order valence-electron chi connectivity index (χ0n) is 9.77. The smallest absolute Gasteiger partial charge is 0.262 e. The molecule has 0 bridgehead atoms. The van der Waals surface area contributed by atoms with Gasteiger partial charge in [-0.3, -0.25) is 4.72 Å². The molecule has 4 nitrogen and oxygen atoms in total. The summed E-state index contributed by atoms with van der Waals surface area (Å²) in [5.41, 5.74) is 0.857. The van der Waals surface area contributed by atoms with Crippen LogP contribution in [0.5, 0.6) is 0 Å². The third-order valence-corrected chi connectivity index (χ3v) is 5.72. The largest absolute Gasteiger partial charge is 0.264 e. The number of halogens is 1. The molecule has 0 saturated carbocycles. The fourth-order valence-electron chi connectivity index (χ4n) is 1.36. The van der Waals surface area contributed by atoms with E-state index in [9.17, 15) is 8.42 Å². The van der Waals surface area contributed by atoms with Gasteiger partial charge in [-0.25, -0.2) is 8.42 Å². The molecular weight excluding hydrogens is 336 g/mol. The molecule has 0 fully saturated rings. The number of rotatable bonds is 3. The van der Waals surface area contributed by atoms with Crippen molar-refractivity contribution in [3.8, 4) is 0 Å². The molecule has 0 aliphatic heterocycles. The van der Waals surface area contributed by atoms with E-state index in [-0.39, 0.29) is 4.90 Å². The van der Waals surface area contributed by atoms with Gasteiger partial charge < -0.3 is 0 Å². The first-order chi connectivity index (χ1) is 8.42. The Labute approximate surface area is 118 Å². The Hall–Kier alpha value is -0.920. The van der Waals surface area contributed by atoms with Crippen LogP contribution in [0.25, 0.3) is 0 Å². The standard InChI is InChI=1S/C11H11BrN2O2S2/c1-7-8(2)17-13-11(7)14-18(15,16)10-6-4-3-5-9(10)12/h3-6H,1-2H3,(H,13,14). The van der Waals surface area contributed by atoms with E-state index in [1.165, 1.54) is 11.5 Å². The quantitative estimate of drug-likeness (QED) is 0.927. The fourth-order valence-corrected chi connectivity index (χ4v) is 4.13. The molecule has 0 radical (unpaired) electrons. The molecule has 1 aromatic heterocycles. The number of aryl methyl sites for hydroxylation is 1. The van der Waals surface area contributed by atoms with Crippen molar-refractivity contribution in [2.24, 2.45) is 0 Å². The lowest BCUT2D eigenvalue weighted by atomic mass is 10.3. The monoisotopic (exact) mass is 346 g/mol. The second-order valence-electron chi connectivity index (χ2n) is 3.75. The van der Waals surface area contributed by atoms with Crippen molar-refractivity contribution in [2.45, 2.75) is 18.7 Å². The van der Waals surface area contributed by atoms with Gasteiger partial charge in [-0.1, -0.05) is 12.1 Å². The maximum absolute atomic E-state index is 12.2. The summed E-state index contributed by atoms with van der Waals surface area (Å²) < 4.78 is 31.5. The second-order valence-corrected chi connectivity index (χ2v) is 7.23. The highest BCUT2D eigenvalue weighted by Gasteiger charge is 2.19. The lowest BCUT2D eigenvalue weighted by Gasteiger charge is -2.08. The van der Waals surface area contributed by atoms with Crippen molar-refractivity contribution in [3.05, 3.63) is 39.2 Å². The van der Waals surface area contributed by atoms with Crippen molar-refractivity contribution in [1.29, 1.82) is 0 Å². The van der Waals surface area contributed by atoms with Crippen molar-refractivity contribution in [1.82, 2.24) is 4.37 Å². The van der Waals surface area contributed by atoms with Crippen LogP contribution in [0.4, 0.5) is 5.82 Å². The molecule has 0 unspecified atom stereocenters. The Morgan fingerprint density at radius 1 is 1.28 bits per heavy atom. The zero-order valence-corrected chi connectivity index (χ0v) is 13.0. The van der Waals surface area contributed by atoms with Crippen LogP contribution >= 0.6 is 27.5 Å². The molecule has 7 heteroatoms. The molecule has 1 N–H and O–H groups in total. The van der Waals surface area contributed by atoms with E-state index in [0.717, 1.165) is 10.4 Å². The van der Waals surface area contributed by atoms with Gasteiger partial charge in [0.2, 0.25) is 0 Å². The summed E-state index contributed by atoms with van der Waals surface area (Å²) in [7, 11) is -3.61. The van der Waals surface area contributed by atoms with E-state index in [1.807, 2.05) is 13.8 Å². The van der Waals surface area contributed by atoms with Crippen molar-refractivity contribution in [2.75, 3.05) is 4.72 Å². The summed E-state index contributed by atoms with van der Waals surface area (Å²) in [5, 5.41) is 0. The fraction of sp³-hybridized carbons (Fsp3) is 0.182. The number of nitrogens with one attached hydrogen (secondary N) is 1. The predicted octanol–water partition coefficient (Wildman–Crippen LogP) is 3.32.